The molecule has 0 spiro atoms. The lowest BCUT2D eigenvalue weighted by Gasteiger charge is -2.50. The summed E-state index contributed by atoms with van der Waals surface area (Å²) in [5.74, 6) is 1.15. The number of hydrogen-bond acceptors (Lipinski definition) is 3. The lowest BCUT2D eigenvalue weighted by Crippen LogP contribution is -2.61. The van der Waals surface area contributed by atoms with Crippen LogP contribution in [-0.4, -0.2) is 29.6 Å². The van der Waals surface area contributed by atoms with Gasteiger partial charge in [-0.05, 0) is 19.3 Å². The summed E-state index contributed by atoms with van der Waals surface area (Å²) in [6.45, 7) is 5.20. The van der Waals surface area contributed by atoms with Gasteiger partial charge in [-0.1, -0.05) is 13.8 Å². The van der Waals surface area contributed by atoms with Crippen molar-refractivity contribution in [1.29, 1.82) is 0 Å². The van der Waals surface area contributed by atoms with Crippen molar-refractivity contribution in [2.45, 2.75) is 51.7 Å². The van der Waals surface area contributed by atoms with Crippen LogP contribution < -0.4 is 5.32 Å². The van der Waals surface area contributed by atoms with E-state index in [4.69, 9.17) is 0 Å². The molecule has 1 saturated carbocycles. The van der Waals surface area contributed by atoms with Gasteiger partial charge in [-0.2, -0.15) is 0 Å². The molecule has 3 nitrogen and oxygen atoms in total. The Morgan fingerprint density at radius 3 is 2.71 bits per heavy atom. The predicted molar refractivity (Wildman–Crippen MR) is 57.5 cm³/mol. The van der Waals surface area contributed by atoms with Gasteiger partial charge in [-0.15, -0.1) is 0 Å². The Kier molecular flexibility index (Phi) is 2.52. The Balaban J connectivity index is 1.90. The number of nitrogens with zero attached hydrogens (tertiary/aromatic N) is 1. The zero-order chi connectivity index (χ0) is 10.2. The molecular weight excluding hydrogens is 176 g/mol. The SMILES string of the molecule is CC1(C)C(O)CC1NC1=NCCCC1. The van der Waals surface area contributed by atoms with E-state index < -0.39 is 0 Å². The topological polar surface area (TPSA) is 44.6 Å². The van der Waals surface area contributed by atoms with Crippen molar-refractivity contribution in [3.63, 3.8) is 0 Å². The lowest BCUT2D eigenvalue weighted by molar-refractivity contribution is -0.0661. The van der Waals surface area contributed by atoms with E-state index in [0.717, 1.165) is 25.2 Å². The summed E-state index contributed by atoms with van der Waals surface area (Å²) in [4.78, 5) is 4.47. The molecule has 1 heterocycles. The number of aliphatic hydroxyl groups is 1. The highest BCUT2D eigenvalue weighted by molar-refractivity contribution is 5.83. The van der Waals surface area contributed by atoms with Crippen molar-refractivity contribution >= 4 is 5.84 Å². The Bertz CT molecular complexity index is 248. The van der Waals surface area contributed by atoms with Crippen LogP contribution in [0.1, 0.15) is 39.5 Å². The molecule has 80 valence electrons. The molecule has 2 unspecified atom stereocenters. The van der Waals surface area contributed by atoms with E-state index in [1.165, 1.54) is 12.8 Å². The van der Waals surface area contributed by atoms with Crippen LogP contribution >= 0.6 is 0 Å². The van der Waals surface area contributed by atoms with Crippen molar-refractivity contribution in [2.75, 3.05) is 6.54 Å². The first-order valence-corrected chi connectivity index (χ1v) is 5.58. The van der Waals surface area contributed by atoms with E-state index >= 15 is 0 Å². The van der Waals surface area contributed by atoms with Gasteiger partial charge in [0.25, 0.3) is 0 Å². The smallest absolute Gasteiger partial charge is 0.0965 e. The van der Waals surface area contributed by atoms with Gasteiger partial charge in [-0.25, -0.2) is 0 Å². The van der Waals surface area contributed by atoms with Gasteiger partial charge < -0.3 is 10.4 Å². The molecule has 0 amide bonds. The third kappa shape index (κ3) is 1.65. The second kappa shape index (κ2) is 3.54. The zero-order valence-electron chi connectivity index (χ0n) is 9.08. The lowest BCUT2D eigenvalue weighted by atomic mass is 9.64. The molecule has 2 atom stereocenters. The number of aliphatic imine (C=N–C) groups is 1. The van der Waals surface area contributed by atoms with Gasteiger partial charge in [0.2, 0.25) is 0 Å². The van der Waals surface area contributed by atoms with Crippen LogP contribution in [-0.2, 0) is 0 Å². The normalized spacial score (nSPS) is 35.8. The van der Waals surface area contributed by atoms with E-state index in [1.807, 2.05) is 0 Å². The predicted octanol–water partition coefficient (Wildman–Crippen LogP) is 1.32. The Hall–Kier alpha value is -0.570. The van der Waals surface area contributed by atoms with Crippen LogP contribution in [0.3, 0.4) is 0 Å². The van der Waals surface area contributed by atoms with Crippen LogP contribution in [0.25, 0.3) is 0 Å². The zero-order valence-corrected chi connectivity index (χ0v) is 9.08. The van der Waals surface area contributed by atoms with Gasteiger partial charge in [-0.3, -0.25) is 4.99 Å². The van der Waals surface area contributed by atoms with Crippen LogP contribution in [0.15, 0.2) is 4.99 Å². The minimum atomic E-state index is -0.149. The quantitative estimate of drug-likeness (QED) is 0.664. The monoisotopic (exact) mass is 196 g/mol. The highest BCUT2D eigenvalue weighted by atomic mass is 16.3. The molecule has 14 heavy (non-hydrogen) atoms. The van der Waals surface area contributed by atoms with Gasteiger partial charge in [0.05, 0.1) is 11.9 Å². The van der Waals surface area contributed by atoms with E-state index in [1.54, 1.807) is 0 Å². The standard InChI is InChI=1S/C11H20N2O/c1-11(2)8(7-9(11)14)13-10-5-3-4-6-12-10/h8-9,14H,3-7H2,1-2H3,(H,12,13). The van der Waals surface area contributed by atoms with Crippen LogP contribution in [0.2, 0.25) is 0 Å². The minimum Gasteiger partial charge on any atom is -0.392 e. The van der Waals surface area contributed by atoms with Gasteiger partial charge >= 0.3 is 0 Å². The minimum absolute atomic E-state index is 0.0139. The molecule has 0 aromatic heterocycles. The number of rotatable bonds is 1. The van der Waals surface area contributed by atoms with Crippen LogP contribution in [0.5, 0.6) is 0 Å². The van der Waals surface area contributed by atoms with Crippen molar-refractivity contribution < 1.29 is 5.11 Å². The molecule has 0 bridgehead atoms. The average Bonchev–Trinajstić information content (AvgIpc) is 2.19. The van der Waals surface area contributed by atoms with Gasteiger partial charge in [0.1, 0.15) is 0 Å². The van der Waals surface area contributed by atoms with E-state index in [2.05, 4.69) is 24.2 Å². The summed E-state index contributed by atoms with van der Waals surface area (Å²) in [5.41, 5.74) is 0.0139. The van der Waals surface area contributed by atoms with Crippen molar-refractivity contribution in [3.8, 4) is 0 Å². The molecule has 2 N–H and O–H groups in total. The molecule has 3 heteroatoms. The molecule has 2 aliphatic rings. The summed E-state index contributed by atoms with van der Waals surface area (Å²) < 4.78 is 0. The highest BCUT2D eigenvalue weighted by Crippen LogP contribution is 2.40. The largest absolute Gasteiger partial charge is 0.392 e. The first-order valence-electron chi connectivity index (χ1n) is 5.58. The van der Waals surface area contributed by atoms with Crippen LogP contribution in [0, 0.1) is 5.41 Å². The molecule has 0 saturated heterocycles. The summed E-state index contributed by atoms with van der Waals surface area (Å²) >= 11 is 0. The summed E-state index contributed by atoms with van der Waals surface area (Å²) in [5, 5.41) is 13.1. The molecule has 2 rings (SSSR count). The number of amidine groups is 1. The second-order valence-corrected chi connectivity index (χ2v) is 5.06. The number of nitrogens with one attached hydrogen (secondary N) is 1. The maximum absolute atomic E-state index is 9.60. The van der Waals surface area contributed by atoms with E-state index in [9.17, 15) is 5.11 Å². The number of aliphatic hydroxyl groups excluding tert-OH is 1. The summed E-state index contributed by atoms with van der Waals surface area (Å²) in [7, 11) is 0. The Morgan fingerprint density at radius 2 is 2.21 bits per heavy atom. The van der Waals surface area contributed by atoms with Crippen molar-refractivity contribution in [3.05, 3.63) is 0 Å². The third-order valence-electron chi connectivity index (χ3n) is 3.68. The van der Waals surface area contributed by atoms with Crippen molar-refractivity contribution in [1.82, 2.24) is 5.32 Å². The fourth-order valence-electron chi connectivity index (χ4n) is 2.16. The Labute approximate surface area is 85.6 Å². The average molecular weight is 196 g/mol. The fraction of sp³-hybridized carbons (Fsp3) is 0.909. The molecule has 1 aliphatic heterocycles. The maximum Gasteiger partial charge on any atom is 0.0965 e. The van der Waals surface area contributed by atoms with Gasteiger partial charge in [0, 0.05) is 24.4 Å². The molecule has 1 aliphatic carbocycles. The van der Waals surface area contributed by atoms with E-state index in [0.29, 0.717) is 6.04 Å². The highest BCUT2D eigenvalue weighted by Gasteiger charge is 2.47. The molecule has 0 aromatic carbocycles. The number of hydrogen-bond donors (Lipinski definition) is 2. The van der Waals surface area contributed by atoms with Crippen molar-refractivity contribution in [2.24, 2.45) is 10.4 Å². The summed E-state index contributed by atoms with van der Waals surface area (Å²) in [6.07, 6.45) is 4.28. The van der Waals surface area contributed by atoms with Gasteiger partial charge in [0.15, 0.2) is 0 Å². The summed E-state index contributed by atoms with van der Waals surface area (Å²) in [6, 6.07) is 0.411. The third-order valence-corrected chi connectivity index (χ3v) is 3.68. The molecule has 0 aromatic rings. The maximum atomic E-state index is 9.60. The molecule has 0 radical (unpaired) electrons. The Morgan fingerprint density at radius 1 is 1.43 bits per heavy atom. The van der Waals surface area contributed by atoms with E-state index in [-0.39, 0.29) is 11.5 Å². The molecule has 1 fully saturated rings. The van der Waals surface area contributed by atoms with Crippen LogP contribution in [0.4, 0.5) is 0 Å². The second-order valence-electron chi connectivity index (χ2n) is 5.06. The first-order chi connectivity index (χ1) is 6.60. The fourth-order valence-corrected chi connectivity index (χ4v) is 2.16. The molecular formula is C11H20N2O. The first kappa shape index (κ1) is 9.97.